The second-order valence-electron chi connectivity index (χ2n) is 6.69. The van der Waals surface area contributed by atoms with Crippen LogP contribution in [0.3, 0.4) is 0 Å². The van der Waals surface area contributed by atoms with Crippen LogP contribution >= 0.6 is 11.3 Å². The summed E-state index contributed by atoms with van der Waals surface area (Å²) < 4.78 is 28.7. The van der Waals surface area contributed by atoms with Crippen LogP contribution in [0.1, 0.15) is 23.4 Å². The van der Waals surface area contributed by atoms with Gasteiger partial charge in [-0.1, -0.05) is 37.3 Å². The van der Waals surface area contributed by atoms with Crippen molar-refractivity contribution in [2.24, 2.45) is 0 Å². The Hall–Kier alpha value is -1.25. The van der Waals surface area contributed by atoms with Crippen molar-refractivity contribution in [1.29, 1.82) is 0 Å². The van der Waals surface area contributed by atoms with Gasteiger partial charge >= 0.3 is 0 Å². The number of nitrogens with one attached hydrogen (secondary N) is 1. The Morgan fingerprint density at radius 3 is 2.38 bits per heavy atom. The van der Waals surface area contributed by atoms with Crippen LogP contribution in [-0.4, -0.2) is 58.0 Å². The average molecular weight is 394 g/mol. The lowest BCUT2D eigenvalue weighted by Crippen LogP contribution is -2.48. The molecule has 5 nitrogen and oxygen atoms in total. The predicted molar refractivity (Wildman–Crippen MR) is 107 cm³/mol. The summed E-state index contributed by atoms with van der Waals surface area (Å²) in [5.41, 5.74) is 1.15. The Bertz CT molecular complexity index is 797. The minimum absolute atomic E-state index is 0.0466. The second kappa shape index (κ2) is 8.63. The van der Waals surface area contributed by atoms with E-state index in [0.29, 0.717) is 10.8 Å². The third-order valence-electron chi connectivity index (χ3n) is 4.88. The first-order chi connectivity index (χ1) is 12.5. The van der Waals surface area contributed by atoms with E-state index in [4.69, 9.17) is 0 Å². The molecule has 2 heterocycles. The average Bonchev–Trinajstić information content (AvgIpc) is 3.14. The van der Waals surface area contributed by atoms with Gasteiger partial charge in [-0.15, -0.1) is 11.3 Å². The first-order valence-electron chi connectivity index (χ1n) is 9.05. The van der Waals surface area contributed by atoms with Crippen LogP contribution in [-0.2, 0) is 16.4 Å². The largest absolute Gasteiger partial charge is 0.304 e. The van der Waals surface area contributed by atoms with E-state index in [2.05, 4.69) is 33.7 Å². The van der Waals surface area contributed by atoms with Crippen molar-refractivity contribution >= 4 is 21.4 Å². The zero-order chi connectivity index (χ0) is 18.6. The van der Waals surface area contributed by atoms with Gasteiger partial charge in [-0.2, -0.15) is 0 Å². The normalized spacial score (nSPS) is 18.1. The van der Waals surface area contributed by atoms with E-state index < -0.39 is 10.0 Å². The third-order valence-corrected chi connectivity index (χ3v) is 8.02. The fraction of sp³-hybridized carbons (Fsp3) is 0.474. The molecule has 2 aromatic rings. The van der Waals surface area contributed by atoms with Gasteiger partial charge in [0, 0.05) is 43.6 Å². The number of aryl methyl sites for hydroxylation is 1. The van der Waals surface area contributed by atoms with Gasteiger partial charge < -0.3 is 4.90 Å². The molecule has 1 aromatic heterocycles. The summed E-state index contributed by atoms with van der Waals surface area (Å²) in [6.45, 7) is 6.30. The molecule has 0 spiro atoms. The third kappa shape index (κ3) is 4.72. The van der Waals surface area contributed by atoms with E-state index in [-0.39, 0.29) is 6.04 Å². The number of piperazine rings is 1. The number of rotatable bonds is 7. The molecule has 1 aromatic carbocycles. The summed E-state index contributed by atoms with van der Waals surface area (Å²) in [4.78, 5) is 5.77. The zero-order valence-electron chi connectivity index (χ0n) is 15.4. The lowest BCUT2D eigenvalue weighted by atomic mass is 10.0. The van der Waals surface area contributed by atoms with Gasteiger partial charge in [0.1, 0.15) is 4.21 Å². The first-order valence-corrected chi connectivity index (χ1v) is 11.4. The van der Waals surface area contributed by atoms with Crippen molar-refractivity contribution in [1.82, 2.24) is 14.5 Å². The Labute approximate surface area is 160 Å². The molecule has 26 heavy (non-hydrogen) atoms. The molecule has 1 aliphatic rings. The topological polar surface area (TPSA) is 52.7 Å². The van der Waals surface area contributed by atoms with Crippen LogP contribution in [0.25, 0.3) is 0 Å². The molecule has 1 unspecified atom stereocenters. The number of benzene rings is 1. The molecule has 1 aliphatic heterocycles. The molecule has 0 bridgehead atoms. The van der Waals surface area contributed by atoms with E-state index in [1.807, 2.05) is 31.2 Å². The van der Waals surface area contributed by atoms with Crippen LogP contribution in [0.2, 0.25) is 0 Å². The van der Waals surface area contributed by atoms with E-state index in [9.17, 15) is 8.42 Å². The highest BCUT2D eigenvalue weighted by Crippen LogP contribution is 2.24. The number of likely N-dealkylation sites (N-methyl/N-ethyl adjacent to an activating group) is 1. The highest BCUT2D eigenvalue weighted by atomic mass is 32.2. The molecule has 7 heteroatoms. The first kappa shape index (κ1) is 19.5. The Morgan fingerprint density at radius 1 is 1.08 bits per heavy atom. The lowest BCUT2D eigenvalue weighted by Gasteiger charge is -2.38. The summed E-state index contributed by atoms with van der Waals surface area (Å²) in [6, 6.07) is 13.8. The number of sulfonamides is 1. The van der Waals surface area contributed by atoms with Gasteiger partial charge in [-0.25, -0.2) is 13.1 Å². The van der Waals surface area contributed by atoms with Crippen molar-refractivity contribution in [3.8, 4) is 0 Å². The van der Waals surface area contributed by atoms with E-state index >= 15 is 0 Å². The smallest absolute Gasteiger partial charge is 0.250 e. The van der Waals surface area contributed by atoms with Crippen molar-refractivity contribution < 1.29 is 8.42 Å². The van der Waals surface area contributed by atoms with E-state index in [0.717, 1.165) is 43.0 Å². The quantitative estimate of drug-likeness (QED) is 0.786. The Kier molecular flexibility index (Phi) is 6.47. The van der Waals surface area contributed by atoms with E-state index in [1.54, 1.807) is 6.07 Å². The fourth-order valence-corrected chi connectivity index (χ4v) is 5.60. The monoisotopic (exact) mass is 393 g/mol. The maximum absolute atomic E-state index is 12.7. The second-order valence-corrected chi connectivity index (χ2v) is 9.85. The Morgan fingerprint density at radius 2 is 1.77 bits per heavy atom. The van der Waals surface area contributed by atoms with Gasteiger partial charge in [0.25, 0.3) is 0 Å². The molecule has 0 amide bonds. The minimum Gasteiger partial charge on any atom is -0.304 e. The number of hydrogen-bond donors (Lipinski definition) is 1. The van der Waals surface area contributed by atoms with Gasteiger partial charge in [0.2, 0.25) is 10.0 Å². The van der Waals surface area contributed by atoms with Crippen molar-refractivity contribution in [2.45, 2.75) is 23.6 Å². The molecule has 0 radical (unpaired) electrons. The van der Waals surface area contributed by atoms with Crippen molar-refractivity contribution in [2.75, 3.05) is 39.8 Å². The predicted octanol–water partition coefficient (Wildman–Crippen LogP) is 2.58. The highest BCUT2D eigenvalue weighted by molar-refractivity contribution is 7.91. The number of hydrogen-bond acceptors (Lipinski definition) is 5. The van der Waals surface area contributed by atoms with Gasteiger partial charge in [0.05, 0.1) is 0 Å². The van der Waals surface area contributed by atoms with Crippen LogP contribution in [0.5, 0.6) is 0 Å². The molecule has 142 valence electrons. The van der Waals surface area contributed by atoms with Crippen LogP contribution in [0.15, 0.2) is 46.7 Å². The summed E-state index contributed by atoms with van der Waals surface area (Å²) in [5, 5.41) is 0. The number of nitrogens with zero attached hydrogens (tertiary/aromatic N) is 2. The standard InChI is InChI=1S/C19H27N3O2S2/c1-3-17-9-10-19(25-17)26(23,24)20-15-18(16-7-5-4-6-8-16)22-13-11-21(2)12-14-22/h4-10,18,20H,3,11-15H2,1-2H3. The highest BCUT2D eigenvalue weighted by Gasteiger charge is 2.26. The van der Waals surface area contributed by atoms with Crippen molar-refractivity contribution in [3.63, 3.8) is 0 Å². The van der Waals surface area contributed by atoms with Crippen LogP contribution in [0, 0.1) is 0 Å². The van der Waals surface area contributed by atoms with Crippen molar-refractivity contribution in [3.05, 3.63) is 52.9 Å². The Balaban J connectivity index is 1.75. The molecule has 0 saturated carbocycles. The summed E-state index contributed by atoms with van der Waals surface area (Å²) >= 11 is 1.35. The summed E-state index contributed by atoms with van der Waals surface area (Å²) in [5.74, 6) is 0. The fourth-order valence-electron chi connectivity index (χ4n) is 3.22. The molecular formula is C19H27N3O2S2. The zero-order valence-corrected chi connectivity index (χ0v) is 17.0. The number of thiophene rings is 1. The van der Waals surface area contributed by atoms with Gasteiger partial charge in [-0.05, 0) is 31.2 Å². The van der Waals surface area contributed by atoms with E-state index in [1.165, 1.54) is 11.3 Å². The maximum atomic E-state index is 12.7. The molecule has 1 N–H and O–H groups in total. The molecule has 1 fully saturated rings. The molecule has 0 aliphatic carbocycles. The molecular weight excluding hydrogens is 366 g/mol. The van der Waals surface area contributed by atoms with Crippen LogP contribution < -0.4 is 4.72 Å². The minimum atomic E-state index is -3.47. The SMILES string of the molecule is CCc1ccc(S(=O)(=O)NCC(c2ccccc2)N2CCN(C)CC2)s1. The molecule has 1 saturated heterocycles. The molecule has 3 rings (SSSR count). The van der Waals surface area contributed by atoms with Gasteiger partial charge in [0.15, 0.2) is 0 Å². The summed E-state index contributed by atoms with van der Waals surface area (Å²) in [6.07, 6.45) is 0.855. The summed E-state index contributed by atoms with van der Waals surface area (Å²) in [7, 11) is -1.35. The van der Waals surface area contributed by atoms with Crippen LogP contribution in [0.4, 0.5) is 0 Å². The molecule has 1 atom stereocenters. The maximum Gasteiger partial charge on any atom is 0.250 e. The lowest BCUT2D eigenvalue weighted by molar-refractivity contribution is 0.113. The van der Waals surface area contributed by atoms with Gasteiger partial charge in [-0.3, -0.25) is 4.90 Å².